The van der Waals surface area contributed by atoms with Crippen molar-refractivity contribution in [3.63, 3.8) is 0 Å². The molecule has 0 saturated carbocycles. The number of nitrogens with zero attached hydrogens (tertiary/aromatic N) is 1. The van der Waals surface area contributed by atoms with Gasteiger partial charge < -0.3 is 10.5 Å². The van der Waals surface area contributed by atoms with E-state index in [1.807, 2.05) is 0 Å². The molecule has 0 saturated heterocycles. The minimum Gasteiger partial charge on any atom is -0.466 e. The first-order valence-corrected chi connectivity index (χ1v) is 5.62. The number of nitrogens with two attached hydrogens (primary N) is 1. The monoisotopic (exact) mass is 258 g/mol. The maximum Gasteiger partial charge on any atom is 0.310 e. The smallest absolute Gasteiger partial charge is 0.310 e. The zero-order chi connectivity index (χ0) is 13.7. The van der Waals surface area contributed by atoms with E-state index in [4.69, 9.17) is 10.5 Å². The predicted molar refractivity (Wildman–Crippen MR) is 62.2 cm³/mol. The van der Waals surface area contributed by atoms with Gasteiger partial charge in [0.05, 0.1) is 18.7 Å². The second-order valence-corrected chi connectivity index (χ2v) is 3.75. The van der Waals surface area contributed by atoms with Crippen molar-refractivity contribution in [2.24, 2.45) is 5.73 Å². The van der Waals surface area contributed by atoms with Crippen molar-refractivity contribution in [1.29, 1.82) is 0 Å². The Labute approximate surface area is 104 Å². The van der Waals surface area contributed by atoms with Gasteiger partial charge in [0.1, 0.15) is 0 Å². The Balaban J connectivity index is 3.13. The number of alkyl halides is 2. The second kappa shape index (κ2) is 6.39. The quantitative estimate of drug-likeness (QED) is 0.819. The van der Waals surface area contributed by atoms with Gasteiger partial charge in [0.2, 0.25) is 0 Å². The van der Waals surface area contributed by atoms with Crippen molar-refractivity contribution < 1.29 is 18.3 Å². The molecule has 4 nitrogen and oxygen atoms in total. The molecular weight excluding hydrogens is 242 g/mol. The highest BCUT2D eigenvalue weighted by atomic mass is 19.3. The van der Waals surface area contributed by atoms with Crippen LogP contribution < -0.4 is 5.73 Å². The molecule has 100 valence electrons. The molecule has 1 aromatic heterocycles. The number of ether oxygens (including phenoxy) is 1. The topological polar surface area (TPSA) is 65.2 Å². The molecule has 6 heteroatoms. The Bertz CT molecular complexity index is 436. The van der Waals surface area contributed by atoms with Gasteiger partial charge in [0.25, 0.3) is 6.43 Å². The summed E-state index contributed by atoms with van der Waals surface area (Å²) in [5.41, 5.74) is 6.56. The molecule has 1 heterocycles. The molecule has 0 fully saturated rings. The average molecular weight is 258 g/mol. The fraction of sp³-hybridized carbons (Fsp3) is 0.500. The van der Waals surface area contributed by atoms with Crippen LogP contribution in [0.2, 0.25) is 0 Å². The molecule has 0 aliphatic carbocycles. The third-order valence-electron chi connectivity index (χ3n) is 2.65. The summed E-state index contributed by atoms with van der Waals surface area (Å²) < 4.78 is 30.3. The average Bonchev–Trinajstić information content (AvgIpc) is 2.31. The van der Waals surface area contributed by atoms with Crippen molar-refractivity contribution in [3.05, 3.63) is 28.6 Å². The molecule has 18 heavy (non-hydrogen) atoms. The van der Waals surface area contributed by atoms with E-state index < -0.39 is 12.4 Å². The number of hydrogen-bond acceptors (Lipinski definition) is 4. The van der Waals surface area contributed by atoms with Crippen LogP contribution in [0, 0.1) is 6.92 Å². The molecule has 0 bridgehead atoms. The summed E-state index contributed by atoms with van der Waals surface area (Å²) in [6.45, 7) is 3.57. The van der Waals surface area contributed by atoms with Gasteiger partial charge in [0, 0.05) is 18.3 Å². The summed E-state index contributed by atoms with van der Waals surface area (Å²) in [5, 5.41) is 0. The van der Waals surface area contributed by atoms with Gasteiger partial charge in [-0.2, -0.15) is 0 Å². The van der Waals surface area contributed by atoms with Crippen molar-refractivity contribution in [2.45, 2.75) is 33.2 Å². The molecule has 1 rings (SSSR count). The van der Waals surface area contributed by atoms with Gasteiger partial charge in [0.15, 0.2) is 0 Å². The normalized spacial score (nSPS) is 10.8. The molecule has 0 aliphatic rings. The van der Waals surface area contributed by atoms with Crippen molar-refractivity contribution in [2.75, 3.05) is 6.61 Å². The van der Waals surface area contributed by atoms with E-state index in [1.165, 1.54) is 6.92 Å². The largest absolute Gasteiger partial charge is 0.466 e. The van der Waals surface area contributed by atoms with E-state index in [0.29, 0.717) is 16.8 Å². The molecule has 2 N–H and O–H groups in total. The first kappa shape index (κ1) is 14.5. The van der Waals surface area contributed by atoms with Gasteiger partial charge in [-0.1, -0.05) is 0 Å². The fourth-order valence-corrected chi connectivity index (χ4v) is 1.70. The molecule has 0 aliphatic heterocycles. The highest BCUT2D eigenvalue weighted by Crippen LogP contribution is 2.26. The lowest BCUT2D eigenvalue weighted by Gasteiger charge is -2.13. The van der Waals surface area contributed by atoms with Gasteiger partial charge >= 0.3 is 5.97 Å². The van der Waals surface area contributed by atoms with Crippen LogP contribution in [-0.4, -0.2) is 17.6 Å². The number of aromatic nitrogens is 1. The van der Waals surface area contributed by atoms with E-state index in [9.17, 15) is 13.6 Å². The minimum absolute atomic E-state index is 0.0836. The fourth-order valence-electron chi connectivity index (χ4n) is 1.70. The van der Waals surface area contributed by atoms with Crippen LogP contribution in [0.25, 0.3) is 0 Å². The van der Waals surface area contributed by atoms with Crippen LogP contribution in [0.5, 0.6) is 0 Å². The van der Waals surface area contributed by atoms with Crippen molar-refractivity contribution in [3.8, 4) is 0 Å². The SMILES string of the molecule is CCOC(=O)Cc1c(CN)ncc(C(F)F)c1C. The Morgan fingerprint density at radius 2 is 2.22 bits per heavy atom. The molecule has 0 spiro atoms. The van der Waals surface area contributed by atoms with Crippen LogP contribution in [0.4, 0.5) is 8.78 Å². The van der Waals surface area contributed by atoms with E-state index in [2.05, 4.69) is 4.98 Å². The molecule has 0 unspecified atom stereocenters. The highest BCUT2D eigenvalue weighted by Gasteiger charge is 2.19. The third kappa shape index (κ3) is 3.22. The molecule has 0 atom stereocenters. The van der Waals surface area contributed by atoms with E-state index >= 15 is 0 Å². The van der Waals surface area contributed by atoms with E-state index in [0.717, 1.165) is 6.20 Å². The summed E-state index contributed by atoms with van der Waals surface area (Å²) in [7, 11) is 0. The van der Waals surface area contributed by atoms with Gasteiger partial charge in [-0.05, 0) is 25.0 Å². The Morgan fingerprint density at radius 3 is 2.72 bits per heavy atom. The Kier molecular flexibility index (Phi) is 5.15. The van der Waals surface area contributed by atoms with Crippen LogP contribution in [0.1, 0.15) is 35.7 Å². The van der Waals surface area contributed by atoms with Gasteiger partial charge in [-0.25, -0.2) is 8.78 Å². The molecule has 0 aromatic carbocycles. The summed E-state index contributed by atoms with van der Waals surface area (Å²) >= 11 is 0. The lowest BCUT2D eigenvalue weighted by molar-refractivity contribution is -0.142. The second-order valence-electron chi connectivity index (χ2n) is 3.75. The summed E-state index contributed by atoms with van der Waals surface area (Å²) in [4.78, 5) is 15.3. The van der Waals surface area contributed by atoms with Gasteiger partial charge in [-0.15, -0.1) is 0 Å². The van der Waals surface area contributed by atoms with Gasteiger partial charge in [-0.3, -0.25) is 9.78 Å². The summed E-state index contributed by atoms with van der Waals surface area (Å²) in [6.07, 6.45) is -1.60. The van der Waals surface area contributed by atoms with Crippen LogP contribution >= 0.6 is 0 Å². The number of carbonyl (C=O) groups is 1. The molecule has 1 aromatic rings. The summed E-state index contributed by atoms with van der Waals surface area (Å²) in [5.74, 6) is -0.469. The highest BCUT2D eigenvalue weighted by molar-refractivity contribution is 5.73. The Hall–Kier alpha value is -1.56. The number of pyridine rings is 1. The number of halogens is 2. The minimum atomic E-state index is -2.62. The lowest BCUT2D eigenvalue weighted by atomic mass is 10.00. The molecular formula is C12H16F2N2O2. The van der Waals surface area contributed by atoms with Crippen molar-refractivity contribution in [1.82, 2.24) is 4.98 Å². The van der Waals surface area contributed by atoms with Crippen LogP contribution in [0.15, 0.2) is 6.20 Å². The standard InChI is InChI=1S/C12H16F2N2O2/c1-3-18-11(17)4-8-7(2)9(12(13)14)6-16-10(8)5-15/h6,12H,3-5,15H2,1-2H3. The summed E-state index contributed by atoms with van der Waals surface area (Å²) in [6, 6.07) is 0. The maximum absolute atomic E-state index is 12.7. The Morgan fingerprint density at radius 1 is 1.56 bits per heavy atom. The number of rotatable bonds is 5. The van der Waals surface area contributed by atoms with Crippen LogP contribution in [0.3, 0.4) is 0 Å². The molecule has 0 radical (unpaired) electrons. The first-order valence-electron chi connectivity index (χ1n) is 5.62. The third-order valence-corrected chi connectivity index (χ3v) is 2.65. The van der Waals surface area contributed by atoms with Crippen LogP contribution in [-0.2, 0) is 22.5 Å². The first-order chi connectivity index (χ1) is 8.51. The zero-order valence-corrected chi connectivity index (χ0v) is 10.4. The molecule has 0 amide bonds. The number of hydrogen-bond donors (Lipinski definition) is 1. The van der Waals surface area contributed by atoms with Crippen molar-refractivity contribution >= 4 is 5.97 Å². The maximum atomic E-state index is 12.7. The predicted octanol–water partition coefficient (Wildman–Crippen LogP) is 1.89. The van der Waals surface area contributed by atoms with E-state index in [1.54, 1.807) is 6.92 Å². The lowest BCUT2D eigenvalue weighted by Crippen LogP contribution is -2.15. The number of esters is 1. The van der Waals surface area contributed by atoms with E-state index in [-0.39, 0.29) is 25.1 Å². The number of carbonyl (C=O) groups excluding carboxylic acids is 1. The zero-order valence-electron chi connectivity index (χ0n) is 10.4.